The zero-order chi connectivity index (χ0) is 38.0. The van der Waals surface area contributed by atoms with Gasteiger partial charge in [0.05, 0.1) is 17.6 Å². The molecule has 0 spiro atoms. The second-order valence-electron chi connectivity index (χ2n) is 12.6. The van der Waals surface area contributed by atoms with Gasteiger partial charge in [-0.3, -0.25) is 0 Å². The molecule has 274 valence electrons. The van der Waals surface area contributed by atoms with Crippen LogP contribution in [0.3, 0.4) is 0 Å². The van der Waals surface area contributed by atoms with Crippen molar-refractivity contribution < 1.29 is 80.3 Å². The highest BCUT2D eigenvalue weighted by Crippen LogP contribution is 2.57. The van der Waals surface area contributed by atoms with E-state index in [1.807, 2.05) is 0 Å². The van der Waals surface area contributed by atoms with Crippen LogP contribution in [0.25, 0.3) is 0 Å². The molecule has 16 nitrogen and oxygen atoms in total. The molecule has 0 unspecified atom stereocenters. The number of rotatable bonds is 5. The van der Waals surface area contributed by atoms with E-state index in [4.69, 9.17) is 14.2 Å². The highest BCUT2D eigenvalue weighted by atomic mass is 16.6. The van der Waals surface area contributed by atoms with Gasteiger partial charge >= 0.3 is 5.97 Å². The Bertz CT molecular complexity index is 2280. The Morgan fingerprint density at radius 2 is 1.13 bits per heavy atom. The van der Waals surface area contributed by atoms with Crippen LogP contribution >= 0.6 is 0 Å². The van der Waals surface area contributed by atoms with Gasteiger partial charge in [0.15, 0.2) is 52.5 Å². The molecule has 5 atom stereocenters. The maximum Gasteiger partial charge on any atom is 0.338 e. The third kappa shape index (κ3) is 5.85. The molecule has 2 aliphatic heterocycles. The second-order valence-corrected chi connectivity index (χ2v) is 12.6. The molecule has 12 N–H and O–H groups in total. The Morgan fingerprint density at radius 3 is 1.74 bits per heavy atom. The summed E-state index contributed by atoms with van der Waals surface area (Å²) in [6.45, 7) is 0. The number of carbonyl (C=O) groups excluding carboxylic acids is 1. The number of hydrogen-bond acceptors (Lipinski definition) is 16. The van der Waals surface area contributed by atoms with Gasteiger partial charge in [-0.15, -0.1) is 0 Å². The van der Waals surface area contributed by atoms with Crippen LogP contribution in [0.1, 0.15) is 56.3 Å². The molecule has 0 aromatic heterocycles. The molecule has 0 saturated heterocycles. The first-order chi connectivity index (χ1) is 25.1. The highest BCUT2D eigenvalue weighted by Gasteiger charge is 2.48. The summed E-state index contributed by atoms with van der Waals surface area (Å²) in [4.78, 5) is 13.7. The summed E-state index contributed by atoms with van der Waals surface area (Å²) in [5.41, 5.74) is -0.810. The zero-order valence-electron chi connectivity index (χ0n) is 26.9. The Morgan fingerprint density at radius 1 is 0.566 bits per heavy atom. The maximum absolute atomic E-state index is 13.7. The van der Waals surface area contributed by atoms with Crippen molar-refractivity contribution in [3.63, 3.8) is 0 Å². The van der Waals surface area contributed by atoms with E-state index in [1.54, 1.807) is 0 Å². The molecule has 7 rings (SSSR count). The largest absolute Gasteiger partial charge is 0.508 e. The summed E-state index contributed by atoms with van der Waals surface area (Å²) in [6.07, 6.45) is -6.04. The van der Waals surface area contributed by atoms with E-state index in [-0.39, 0.29) is 45.7 Å². The summed E-state index contributed by atoms with van der Waals surface area (Å²) < 4.78 is 18.0. The monoisotopic (exact) mass is 730 g/mol. The summed E-state index contributed by atoms with van der Waals surface area (Å²) >= 11 is 0. The number of carbonyl (C=O) groups is 1. The number of esters is 1. The summed E-state index contributed by atoms with van der Waals surface area (Å²) in [5.74, 6) is -10.4. The van der Waals surface area contributed by atoms with Crippen molar-refractivity contribution in [1.82, 2.24) is 0 Å². The van der Waals surface area contributed by atoms with E-state index < -0.39 is 105 Å². The predicted molar refractivity (Wildman–Crippen MR) is 178 cm³/mol. The quantitative estimate of drug-likeness (QED) is 0.0899. The van der Waals surface area contributed by atoms with Gasteiger partial charge in [-0.05, 0) is 42.0 Å². The lowest BCUT2D eigenvalue weighted by atomic mass is 9.77. The molecule has 5 aromatic rings. The first-order valence-corrected chi connectivity index (χ1v) is 15.8. The van der Waals surface area contributed by atoms with Crippen molar-refractivity contribution in [2.45, 2.75) is 36.8 Å². The number of aromatic hydroxyl groups is 11. The molecule has 53 heavy (non-hydrogen) atoms. The second kappa shape index (κ2) is 12.6. The maximum atomic E-state index is 13.7. The zero-order valence-corrected chi connectivity index (χ0v) is 26.9. The normalized spacial score (nSPS) is 20.4. The number of phenols is 11. The fourth-order valence-corrected chi connectivity index (χ4v) is 6.72. The predicted octanol–water partition coefficient (Wildman–Crippen LogP) is 3.98. The van der Waals surface area contributed by atoms with Crippen molar-refractivity contribution in [2.75, 3.05) is 0 Å². The molecule has 16 heteroatoms. The van der Waals surface area contributed by atoms with Crippen LogP contribution in [0.5, 0.6) is 74.7 Å². The van der Waals surface area contributed by atoms with Crippen molar-refractivity contribution in [2.24, 2.45) is 0 Å². The third-order valence-corrected chi connectivity index (χ3v) is 9.21. The molecule has 0 amide bonds. The highest BCUT2D eigenvalue weighted by molar-refractivity contribution is 5.91. The average molecular weight is 731 g/mol. The van der Waals surface area contributed by atoms with E-state index in [9.17, 15) is 66.1 Å². The summed E-state index contributed by atoms with van der Waals surface area (Å²) in [5, 5.41) is 127. The van der Waals surface area contributed by atoms with Gasteiger partial charge in [-0.25, -0.2) is 4.79 Å². The topological polar surface area (TPSA) is 288 Å². The number of aliphatic hydroxyl groups is 1. The Kier molecular flexibility index (Phi) is 8.18. The van der Waals surface area contributed by atoms with Gasteiger partial charge in [0.25, 0.3) is 0 Å². The number of fused-ring (bicyclic) bond motifs is 2. The SMILES string of the molecule is O=C(O[C@@H]1[C@@H](c2c(O)cc3c(c2O)C[C@H](O)[C@@H](c2ccc(O)c(O)c2)O3)c2c(O)cc(O)cc2O[C@@H]1c1ccc(O)c(O)c1)c1cc(O)c(O)c(O)c1. The van der Waals surface area contributed by atoms with Crippen LogP contribution in [-0.4, -0.2) is 79.5 Å². The number of aliphatic hydroxyl groups excluding tert-OH is 1. The van der Waals surface area contributed by atoms with Crippen molar-refractivity contribution in [1.29, 1.82) is 0 Å². The van der Waals surface area contributed by atoms with Crippen LogP contribution < -0.4 is 9.47 Å². The number of ether oxygens (including phenoxy) is 3. The van der Waals surface area contributed by atoms with E-state index in [1.165, 1.54) is 24.3 Å². The van der Waals surface area contributed by atoms with Crippen LogP contribution in [0.4, 0.5) is 0 Å². The number of benzene rings is 5. The molecule has 0 saturated carbocycles. The fraction of sp³-hybridized carbons (Fsp3) is 0.162. The van der Waals surface area contributed by atoms with Gasteiger partial charge in [-0.2, -0.15) is 0 Å². The summed E-state index contributed by atoms with van der Waals surface area (Å²) in [6, 6.07) is 11.9. The average Bonchev–Trinajstić information content (AvgIpc) is 3.10. The smallest absolute Gasteiger partial charge is 0.338 e. The third-order valence-electron chi connectivity index (χ3n) is 9.21. The van der Waals surface area contributed by atoms with Crippen LogP contribution in [0.2, 0.25) is 0 Å². The first kappa shape index (κ1) is 34.4. The van der Waals surface area contributed by atoms with Gasteiger partial charge in [0.1, 0.15) is 40.6 Å². The van der Waals surface area contributed by atoms with Gasteiger partial charge in [-0.1, -0.05) is 12.1 Å². The van der Waals surface area contributed by atoms with E-state index >= 15 is 0 Å². The van der Waals surface area contributed by atoms with Gasteiger partial charge < -0.3 is 75.5 Å². The molecule has 0 aliphatic carbocycles. The molecule has 2 heterocycles. The molecule has 0 fully saturated rings. The lowest BCUT2D eigenvalue weighted by Crippen LogP contribution is -2.39. The lowest BCUT2D eigenvalue weighted by molar-refractivity contribution is -0.0275. The van der Waals surface area contributed by atoms with Crippen LogP contribution in [0, 0.1) is 0 Å². The molecule has 2 aliphatic rings. The van der Waals surface area contributed by atoms with Crippen LogP contribution in [-0.2, 0) is 11.2 Å². The number of hydrogen-bond donors (Lipinski definition) is 12. The minimum absolute atomic E-state index is 0.0341. The van der Waals surface area contributed by atoms with Gasteiger partial charge in [0, 0.05) is 46.9 Å². The summed E-state index contributed by atoms with van der Waals surface area (Å²) in [7, 11) is 0. The standard InChI is InChI=1S/C37H30O16/c38-16-9-22(43)29-28(10-16)52-35(14-2-4-19(40)21(42)6-14)36(53-37(50)15-7-24(45)33(49)25(46)8-15)31(29)30-23(44)12-27-17(32(30)48)11-26(47)34(51-27)13-1-3-18(39)20(41)5-13/h1-10,12,26,31,34-36,38-49H,11H2/t26-,31+,34+,35+,36+/m0/s1. The van der Waals surface area contributed by atoms with Crippen molar-refractivity contribution in [3.8, 4) is 74.7 Å². The molecular weight excluding hydrogens is 700 g/mol. The minimum Gasteiger partial charge on any atom is -0.508 e. The number of phenolic OH excluding ortho intramolecular Hbond substituents is 11. The Balaban J connectivity index is 1.41. The van der Waals surface area contributed by atoms with Crippen molar-refractivity contribution in [3.05, 3.63) is 100 Å². The van der Waals surface area contributed by atoms with E-state index in [0.29, 0.717) is 0 Å². The Hall–Kier alpha value is -7.07. The van der Waals surface area contributed by atoms with E-state index in [0.717, 1.165) is 42.5 Å². The first-order valence-electron chi connectivity index (χ1n) is 15.8. The molecular formula is C37H30O16. The minimum atomic E-state index is -1.73. The molecule has 0 radical (unpaired) electrons. The van der Waals surface area contributed by atoms with E-state index in [2.05, 4.69) is 0 Å². The molecule has 0 bridgehead atoms. The fourth-order valence-electron chi connectivity index (χ4n) is 6.72. The van der Waals surface area contributed by atoms with Crippen molar-refractivity contribution >= 4 is 5.97 Å². The van der Waals surface area contributed by atoms with Crippen LogP contribution in [0.15, 0.2) is 66.7 Å². The van der Waals surface area contributed by atoms with Gasteiger partial charge in [0.2, 0.25) is 0 Å². The Labute approximate surface area is 297 Å². The molecule has 5 aromatic carbocycles. The lowest BCUT2D eigenvalue weighted by Gasteiger charge is -2.40.